The van der Waals surface area contributed by atoms with Crippen LogP contribution in [0.5, 0.6) is 0 Å². The van der Waals surface area contributed by atoms with Gasteiger partial charge in [0.2, 0.25) is 5.95 Å². The molecule has 2 fully saturated rings. The Morgan fingerprint density at radius 2 is 1.85 bits per heavy atom. The highest BCUT2D eigenvalue weighted by Crippen LogP contribution is 2.26. The number of nitrogens with one attached hydrogen (secondary N) is 2. The van der Waals surface area contributed by atoms with Gasteiger partial charge in [0.15, 0.2) is 0 Å². The average Bonchev–Trinajstić information content (AvgIpc) is 3.46. The van der Waals surface area contributed by atoms with Gasteiger partial charge in [-0.05, 0) is 25.0 Å². The molecule has 1 amide bonds. The fourth-order valence-electron chi connectivity index (χ4n) is 3.07. The van der Waals surface area contributed by atoms with E-state index < -0.39 is 5.56 Å². The molecule has 2 N–H and O–H groups in total. The number of H-pyrrole nitrogens is 1. The number of hydrogen-bond donors (Lipinski definition) is 2. The standard InChI is InChI=1S/C18H20ClN5O2/c19-14-3-1-2-4-15(14)23-7-9-24(10-8-23)18-20-11-13(17(26)22-18)16(25)21-12-5-6-12/h1-4,11-12H,5-10H2,(H,21,25)(H,20,22,26). The van der Waals surface area contributed by atoms with Crippen molar-refractivity contribution in [1.29, 1.82) is 0 Å². The Kier molecular flexibility index (Phi) is 4.55. The van der Waals surface area contributed by atoms with Crippen LogP contribution in [0, 0.1) is 0 Å². The first-order valence-corrected chi connectivity index (χ1v) is 9.14. The van der Waals surface area contributed by atoms with Crippen molar-refractivity contribution in [2.24, 2.45) is 0 Å². The molecule has 136 valence electrons. The molecule has 2 heterocycles. The Hall–Kier alpha value is -2.54. The van der Waals surface area contributed by atoms with Crippen molar-refractivity contribution < 1.29 is 4.79 Å². The first-order valence-electron chi connectivity index (χ1n) is 8.76. The summed E-state index contributed by atoms with van der Waals surface area (Å²) in [7, 11) is 0. The highest BCUT2D eigenvalue weighted by atomic mass is 35.5. The summed E-state index contributed by atoms with van der Waals surface area (Å²) in [5, 5.41) is 3.54. The Morgan fingerprint density at radius 1 is 1.15 bits per heavy atom. The monoisotopic (exact) mass is 373 g/mol. The molecule has 1 aliphatic heterocycles. The molecule has 0 radical (unpaired) electrons. The largest absolute Gasteiger partial charge is 0.367 e. The molecule has 1 aliphatic carbocycles. The van der Waals surface area contributed by atoms with E-state index in [2.05, 4.69) is 20.2 Å². The van der Waals surface area contributed by atoms with Crippen molar-refractivity contribution in [3.05, 3.63) is 51.4 Å². The molecule has 0 atom stereocenters. The number of hydrogen-bond acceptors (Lipinski definition) is 5. The van der Waals surface area contributed by atoms with Crippen molar-refractivity contribution in [2.45, 2.75) is 18.9 Å². The highest BCUT2D eigenvalue weighted by molar-refractivity contribution is 6.33. The average molecular weight is 374 g/mol. The summed E-state index contributed by atoms with van der Waals surface area (Å²) < 4.78 is 0. The van der Waals surface area contributed by atoms with E-state index >= 15 is 0 Å². The zero-order chi connectivity index (χ0) is 18.1. The van der Waals surface area contributed by atoms with Gasteiger partial charge >= 0.3 is 0 Å². The van der Waals surface area contributed by atoms with Crippen LogP contribution in [0.25, 0.3) is 0 Å². The number of carbonyl (C=O) groups excluding carboxylic acids is 1. The number of halogens is 1. The van der Waals surface area contributed by atoms with Crippen molar-refractivity contribution in [3.8, 4) is 0 Å². The first kappa shape index (κ1) is 16.9. The zero-order valence-corrected chi connectivity index (χ0v) is 15.0. The Balaban J connectivity index is 1.43. The highest BCUT2D eigenvalue weighted by Gasteiger charge is 2.26. The summed E-state index contributed by atoms with van der Waals surface area (Å²) in [6.07, 6.45) is 3.32. The molecule has 2 aromatic rings. The summed E-state index contributed by atoms with van der Waals surface area (Å²) in [5.74, 6) is 0.146. The first-order chi connectivity index (χ1) is 12.6. The number of aromatic amines is 1. The summed E-state index contributed by atoms with van der Waals surface area (Å²) in [6, 6.07) is 7.98. The maximum Gasteiger partial charge on any atom is 0.265 e. The number of para-hydroxylation sites is 1. The molecule has 1 saturated heterocycles. The fraction of sp³-hybridized carbons (Fsp3) is 0.389. The van der Waals surface area contributed by atoms with E-state index in [-0.39, 0.29) is 17.5 Å². The molecule has 26 heavy (non-hydrogen) atoms. The molecular formula is C18H20ClN5O2. The van der Waals surface area contributed by atoms with Gasteiger partial charge in [0, 0.05) is 38.4 Å². The van der Waals surface area contributed by atoms with Gasteiger partial charge < -0.3 is 15.1 Å². The predicted octanol–water partition coefficient (Wildman–Crippen LogP) is 1.64. The lowest BCUT2D eigenvalue weighted by Gasteiger charge is -2.36. The lowest BCUT2D eigenvalue weighted by Crippen LogP contribution is -2.47. The number of rotatable bonds is 4. The summed E-state index contributed by atoms with van der Waals surface area (Å²) in [4.78, 5) is 35.5. The molecule has 4 rings (SSSR count). The molecule has 0 bridgehead atoms. The van der Waals surface area contributed by atoms with Crippen molar-refractivity contribution in [1.82, 2.24) is 15.3 Å². The third kappa shape index (κ3) is 3.53. The van der Waals surface area contributed by atoms with Crippen LogP contribution in [0.1, 0.15) is 23.2 Å². The van der Waals surface area contributed by atoms with Crippen LogP contribution in [0.2, 0.25) is 5.02 Å². The minimum absolute atomic E-state index is 0.0651. The van der Waals surface area contributed by atoms with E-state index in [0.29, 0.717) is 19.0 Å². The Bertz CT molecular complexity index is 872. The van der Waals surface area contributed by atoms with Crippen molar-refractivity contribution in [3.63, 3.8) is 0 Å². The number of piperazine rings is 1. The van der Waals surface area contributed by atoms with Gasteiger partial charge in [-0.25, -0.2) is 4.98 Å². The summed E-state index contributed by atoms with van der Waals surface area (Å²) in [5.41, 5.74) is 0.680. The van der Waals surface area contributed by atoms with Crippen LogP contribution in [-0.4, -0.2) is 48.1 Å². The number of carbonyl (C=O) groups is 1. The van der Waals surface area contributed by atoms with Crippen LogP contribution in [0.4, 0.5) is 11.6 Å². The van der Waals surface area contributed by atoms with Crippen LogP contribution >= 0.6 is 11.6 Å². The normalized spacial score (nSPS) is 17.3. The molecule has 0 spiro atoms. The zero-order valence-electron chi connectivity index (χ0n) is 14.2. The van der Waals surface area contributed by atoms with Crippen LogP contribution in [0.15, 0.2) is 35.3 Å². The molecule has 1 aromatic carbocycles. The van der Waals surface area contributed by atoms with E-state index in [9.17, 15) is 9.59 Å². The maximum atomic E-state index is 12.2. The minimum atomic E-state index is -0.401. The van der Waals surface area contributed by atoms with Crippen LogP contribution in [0.3, 0.4) is 0 Å². The second-order valence-corrected chi connectivity index (χ2v) is 7.03. The van der Waals surface area contributed by atoms with Gasteiger partial charge in [-0.2, -0.15) is 0 Å². The van der Waals surface area contributed by atoms with Crippen molar-refractivity contribution in [2.75, 3.05) is 36.0 Å². The van der Waals surface area contributed by atoms with E-state index in [1.165, 1.54) is 6.20 Å². The Labute approximate surface area is 156 Å². The Morgan fingerprint density at radius 3 is 2.50 bits per heavy atom. The second-order valence-electron chi connectivity index (χ2n) is 6.62. The third-order valence-corrected chi connectivity index (χ3v) is 5.04. The van der Waals surface area contributed by atoms with E-state index in [1.807, 2.05) is 29.2 Å². The van der Waals surface area contributed by atoms with Gasteiger partial charge in [-0.1, -0.05) is 23.7 Å². The SMILES string of the molecule is O=C(NC1CC1)c1cnc(N2CCN(c3ccccc3Cl)CC2)[nH]c1=O. The van der Waals surface area contributed by atoms with E-state index in [0.717, 1.165) is 36.6 Å². The summed E-state index contributed by atoms with van der Waals surface area (Å²) >= 11 is 6.27. The van der Waals surface area contributed by atoms with Crippen LogP contribution in [-0.2, 0) is 0 Å². The maximum absolute atomic E-state index is 12.2. The van der Waals surface area contributed by atoms with Gasteiger partial charge in [0.05, 0.1) is 10.7 Å². The van der Waals surface area contributed by atoms with Gasteiger partial charge in [0.1, 0.15) is 5.56 Å². The van der Waals surface area contributed by atoms with Crippen LogP contribution < -0.4 is 20.7 Å². The number of nitrogens with zero attached hydrogens (tertiary/aromatic N) is 3. The molecule has 0 unspecified atom stereocenters. The number of benzene rings is 1. The molecule has 2 aliphatic rings. The molecule has 8 heteroatoms. The van der Waals surface area contributed by atoms with Gasteiger partial charge in [-0.3, -0.25) is 14.6 Å². The topological polar surface area (TPSA) is 81.3 Å². The molecular weight excluding hydrogens is 354 g/mol. The predicted molar refractivity (Wildman–Crippen MR) is 101 cm³/mol. The van der Waals surface area contributed by atoms with E-state index in [1.54, 1.807) is 0 Å². The number of aromatic nitrogens is 2. The second kappa shape index (κ2) is 6.99. The third-order valence-electron chi connectivity index (χ3n) is 4.72. The van der Waals surface area contributed by atoms with Gasteiger partial charge in [0.25, 0.3) is 11.5 Å². The molecule has 1 aromatic heterocycles. The minimum Gasteiger partial charge on any atom is -0.367 e. The lowest BCUT2D eigenvalue weighted by molar-refractivity contribution is 0.0949. The smallest absolute Gasteiger partial charge is 0.265 e. The van der Waals surface area contributed by atoms with Crippen molar-refractivity contribution >= 4 is 29.1 Å². The summed E-state index contributed by atoms with van der Waals surface area (Å²) in [6.45, 7) is 2.97. The lowest BCUT2D eigenvalue weighted by atomic mass is 10.2. The van der Waals surface area contributed by atoms with Gasteiger partial charge in [-0.15, -0.1) is 0 Å². The number of amides is 1. The quantitative estimate of drug-likeness (QED) is 0.851. The van der Waals surface area contributed by atoms with E-state index in [4.69, 9.17) is 11.6 Å². The molecule has 7 nitrogen and oxygen atoms in total. The molecule has 1 saturated carbocycles. The number of anilines is 2. The fourth-order valence-corrected chi connectivity index (χ4v) is 3.32.